The van der Waals surface area contributed by atoms with Crippen molar-refractivity contribution in [3.05, 3.63) is 12.4 Å². The molecule has 1 heterocycles. The molecule has 0 saturated carbocycles. The van der Waals surface area contributed by atoms with Gasteiger partial charge >= 0.3 is 0 Å². The van der Waals surface area contributed by atoms with Gasteiger partial charge in [0.15, 0.2) is 0 Å². The fourth-order valence-electron chi connectivity index (χ4n) is 1.34. The second kappa shape index (κ2) is 5.86. The summed E-state index contributed by atoms with van der Waals surface area (Å²) in [5, 5.41) is 3.21. The van der Waals surface area contributed by atoms with Crippen molar-refractivity contribution in [1.29, 1.82) is 0 Å². The number of hydrogen-bond acceptors (Lipinski definition) is 4. The Morgan fingerprint density at radius 3 is 2.81 bits per heavy atom. The number of anilines is 1. The lowest BCUT2D eigenvalue weighted by atomic mass is 10.1. The first-order valence-corrected chi connectivity index (χ1v) is 5.38. The van der Waals surface area contributed by atoms with E-state index >= 15 is 0 Å². The summed E-state index contributed by atoms with van der Waals surface area (Å²) in [7, 11) is 3.40. The van der Waals surface area contributed by atoms with E-state index in [-0.39, 0.29) is 5.60 Å². The molecule has 0 aliphatic rings. The second-order valence-electron chi connectivity index (χ2n) is 4.26. The van der Waals surface area contributed by atoms with Gasteiger partial charge in [0.2, 0.25) is 5.95 Å². The number of imidazole rings is 1. The van der Waals surface area contributed by atoms with E-state index in [1.807, 2.05) is 24.6 Å². The van der Waals surface area contributed by atoms with Crippen molar-refractivity contribution < 1.29 is 9.47 Å². The third-order valence-corrected chi connectivity index (χ3v) is 2.41. The molecule has 0 fully saturated rings. The normalized spacial score (nSPS) is 11.8. The maximum absolute atomic E-state index is 5.39. The Labute approximate surface area is 96.8 Å². The highest BCUT2D eigenvalue weighted by molar-refractivity contribution is 5.25. The highest BCUT2D eigenvalue weighted by Crippen LogP contribution is 2.14. The van der Waals surface area contributed by atoms with Crippen molar-refractivity contribution >= 4 is 5.95 Å². The molecule has 92 valence electrons. The highest BCUT2D eigenvalue weighted by atomic mass is 16.5. The first-order chi connectivity index (χ1) is 7.59. The Balaban J connectivity index is 2.56. The lowest BCUT2D eigenvalue weighted by Crippen LogP contribution is -2.29. The van der Waals surface area contributed by atoms with Crippen molar-refractivity contribution in [2.75, 3.05) is 32.7 Å². The van der Waals surface area contributed by atoms with E-state index < -0.39 is 0 Å². The number of methoxy groups -OCH3 is 2. The van der Waals surface area contributed by atoms with Crippen LogP contribution in [0.5, 0.6) is 0 Å². The fraction of sp³-hybridized carbons (Fsp3) is 0.727. The van der Waals surface area contributed by atoms with Crippen LogP contribution in [0.25, 0.3) is 0 Å². The number of aromatic nitrogens is 2. The van der Waals surface area contributed by atoms with Gasteiger partial charge in [0.25, 0.3) is 0 Å². The van der Waals surface area contributed by atoms with Crippen molar-refractivity contribution in [2.45, 2.75) is 26.0 Å². The molecule has 16 heavy (non-hydrogen) atoms. The molecule has 0 aromatic carbocycles. The van der Waals surface area contributed by atoms with Gasteiger partial charge in [-0.2, -0.15) is 0 Å². The van der Waals surface area contributed by atoms with Crippen molar-refractivity contribution in [1.82, 2.24) is 9.55 Å². The quantitative estimate of drug-likeness (QED) is 0.715. The minimum absolute atomic E-state index is 0.196. The molecule has 0 spiro atoms. The van der Waals surface area contributed by atoms with E-state index in [1.54, 1.807) is 20.4 Å². The first-order valence-electron chi connectivity index (χ1n) is 5.38. The van der Waals surface area contributed by atoms with E-state index in [0.717, 1.165) is 19.0 Å². The molecule has 0 aliphatic carbocycles. The van der Waals surface area contributed by atoms with Gasteiger partial charge < -0.3 is 19.4 Å². The van der Waals surface area contributed by atoms with E-state index in [0.29, 0.717) is 6.61 Å². The predicted octanol–water partition coefficient (Wildman–Crippen LogP) is 1.37. The van der Waals surface area contributed by atoms with Crippen LogP contribution in [0.15, 0.2) is 12.4 Å². The molecular weight excluding hydrogens is 206 g/mol. The molecule has 0 aliphatic heterocycles. The van der Waals surface area contributed by atoms with Crippen LogP contribution in [0.4, 0.5) is 5.95 Å². The Morgan fingerprint density at radius 1 is 1.44 bits per heavy atom. The molecule has 0 amide bonds. The first kappa shape index (κ1) is 13.0. The topological polar surface area (TPSA) is 48.3 Å². The molecule has 0 radical (unpaired) electrons. The third-order valence-electron chi connectivity index (χ3n) is 2.41. The standard InChI is InChI=1S/C11H21N3O2/c1-11(2,16-4)9-14-7-5-12-10(14)13-6-8-15-3/h5,7H,6,8-9H2,1-4H3,(H,12,13). The number of nitrogens with one attached hydrogen (secondary N) is 1. The van der Waals surface area contributed by atoms with Crippen LogP contribution < -0.4 is 5.32 Å². The zero-order valence-electron chi connectivity index (χ0n) is 10.5. The summed E-state index contributed by atoms with van der Waals surface area (Å²) in [6.07, 6.45) is 3.72. The summed E-state index contributed by atoms with van der Waals surface area (Å²) in [6.45, 7) is 6.28. The van der Waals surface area contributed by atoms with Crippen molar-refractivity contribution in [3.63, 3.8) is 0 Å². The minimum atomic E-state index is -0.196. The summed E-state index contributed by atoms with van der Waals surface area (Å²) >= 11 is 0. The molecule has 5 heteroatoms. The van der Waals surface area contributed by atoms with Gasteiger partial charge in [-0.15, -0.1) is 0 Å². The van der Waals surface area contributed by atoms with Gasteiger partial charge in [0.05, 0.1) is 18.8 Å². The van der Waals surface area contributed by atoms with Crippen LogP contribution in [-0.4, -0.2) is 42.5 Å². The van der Waals surface area contributed by atoms with Gasteiger partial charge in [0, 0.05) is 33.2 Å². The monoisotopic (exact) mass is 227 g/mol. The predicted molar refractivity (Wildman–Crippen MR) is 63.7 cm³/mol. The molecule has 5 nitrogen and oxygen atoms in total. The molecule has 1 aromatic rings. The molecule has 0 saturated heterocycles. The summed E-state index contributed by atoms with van der Waals surface area (Å²) in [6, 6.07) is 0. The van der Waals surface area contributed by atoms with Crippen LogP contribution in [0.2, 0.25) is 0 Å². The van der Waals surface area contributed by atoms with Gasteiger partial charge in [0.1, 0.15) is 0 Å². The molecule has 1 aromatic heterocycles. The maximum atomic E-state index is 5.39. The molecule has 1 N–H and O–H groups in total. The van der Waals surface area contributed by atoms with E-state index in [9.17, 15) is 0 Å². The SMILES string of the molecule is COCCNc1nccn1CC(C)(C)OC. The Bertz CT molecular complexity index is 310. The van der Waals surface area contributed by atoms with Gasteiger partial charge in [-0.1, -0.05) is 0 Å². The lowest BCUT2D eigenvalue weighted by Gasteiger charge is -2.24. The smallest absolute Gasteiger partial charge is 0.202 e. The number of hydrogen-bond donors (Lipinski definition) is 1. The summed E-state index contributed by atoms with van der Waals surface area (Å²) in [5.74, 6) is 0.849. The van der Waals surface area contributed by atoms with Gasteiger partial charge in [-0.3, -0.25) is 0 Å². The summed E-state index contributed by atoms with van der Waals surface area (Å²) < 4.78 is 12.4. The second-order valence-corrected chi connectivity index (χ2v) is 4.26. The maximum Gasteiger partial charge on any atom is 0.202 e. The van der Waals surface area contributed by atoms with E-state index in [2.05, 4.69) is 10.3 Å². The van der Waals surface area contributed by atoms with Crippen LogP contribution in [0.3, 0.4) is 0 Å². The average molecular weight is 227 g/mol. The zero-order valence-corrected chi connectivity index (χ0v) is 10.5. The number of nitrogens with zero attached hydrogens (tertiary/aromatic N) is 2. The van der Waals surface area contributed by atoms with Crippen molar-refractivity contribution in [3.8, 4) is 0 Å². The molecule has 0 bridgehead atoms. The lowest BCUT2D eigenvalue weighted by molar-refractivity contribution is 0.00857. The van der Waals surface area contributed by atoms with Crippen LogP contribution in [0, 0.1) is 0 Å². The largest absolute Gasteiger partial charge is 0.383 e. The van der Waals surface area contributed by atoms with E-state index in [4.69, 9.17) is 9.47 Å². The van der Waals surface area contributed by atoms with Crippen LogP contribution in [0.1, 0.15) is 13.8 Å². The minimum Gasteiger partial charge on any atom is -0.383 e. The van der Waals surface area contributed by atoms with Crippen LogP contribution in [-0.2, 0) is 16.0 Å². The third kappa shape index (κ3) is 3.83. The molecule has 0 atom stereocenters. The van der Waals surface area contributed by atoms with E-state index in [1.165, 1.54) is 0 Å². The highest BCUT2D eigenvalue weighted by Gasteiger charge is 2.18. The van der Waals surface area contributed by atoms with Crippen LogP contribution >= 0.6 is 0 Å². The van der Waals surface area contributed by atoms with Gasteiger partial charge in [-0.05, 0) is 13.8 Å². The summed E-state index contributed by atoms with van der Waals surface area (Å²) in [5.41, 5.74) is -0.196. The fourth-order valence-corrected chi connectivity index (χ4v) is 1.34. The van der Waals surface area contributed by atoms with Gasteiger partial charge in [-0.25, -0.2) is 4.98 Å². The molecule has 0 unspecified atom stereocenters. The average Bonchev–Trinajstić information content (AvgIpc) is 2.66. The van der Waals surface area contributed by atoms with Crippen molar-refractivity contribution in [2.24, 2.45) is 0 Å². The Hall–Kier alpha value is -1.07. The number of rotatable bonds is 7. The molecule has 1 rings (SSSR count). The molecular formula is C11H21N3O2. The Morgan fingerprint density at radius 2 is 2.19 bits per heavy atom. The zero-order chi connectivity index (χ0) is 12.0. The Kier molecular flexibility index (Phi) is 4.76. The summed E-state index contributed by atoms with van der Waals surface area (Å²) in [4.78, 5) is 4.25. The number of ether oxygens (including phenoxy) is 2.